The first kappa shape index (κ1) is 19.1. The first-order valence-corrected chi connectivity index (χ1v) is 4.86. The van der Waals surface area contributed by atoms with Crippen molar-refractivity contribution >= 4 is 81.0 Å². The van der Waals surface area contributed by atoms with E-state index in [1.165, 1.54) is 0 Å². The number of nitrogens with one attached hydrogen (secondary N) is 1. The summed E-state index contributed by atoms with van der Waals surface area (Å²) in [5.74, 6) is -1.24. The molecule has 0 spiro atoms. The van der Waals surface area contributed by atoms with Gasteiger partial charge >= 0.3 is 81.0 Å². The SMILES string of the molecule is CC(C)[C@H](NC(=O)OC(C)(C)C)C(=O)O.[CsH]. The van der Waals surface area contributed by atoms with Gasteiger partial charge < -0.3 is 15.2 Å². The van der Waals surface area contributed by atoms with E-state index in [9.17, 15) is 9.59 Å². The number of alkyl carbamates (subject to hydrolysis) is 1. The number of hydrogen-bond acceptors (Lipinski definition) is 3. The standard InChI is InChI=1S/C10H19NO4.Cs.H/c1-6(2)7(8(12)13)11-9(14)15-10(3,4)5;;/h6-7H,1-5H3,(H,11,14)(H,12,13);;/t7-;;/m0../s1. The van der Waals surface area contributed by atoms with Crippen LogP contribution in [-0.2, 0) is 9.53 Å². The number of ether oxygens (including phenoxy) is 1. The normalized spacial score (nSPS) is 12.6. The third-order valence-electron chi connectivity index (χ3n) is 1.60. The Kier molecular flexibility index (Phi) is 9.56. The molecule has 0 aromatic rings. The maximum atomic E-state index is 11.3. The van der Waals surface area contributed by atoms with Crippen molar-refractivity contribution in [3.63, 3.8) is 0 Å². The molecule has 0 aliphatic rings. The van der Waals surface area contributed by atoms with Crippen LogP contribution in [0.4, 0.5) is 4.79 Å². The van der Waals surface area contributed by atoms with Gasteiger partial charge in [-0.2, -0.15) is 0 Å². The molecule has 0 aliphatic carbocycles. The first-order valence-electron chi connectivity index (χ1n) is 4.86. The van der Waals surface area contributed by atoms with E-state index in [0.29, 0.717) is 0 Å². The van der Waals surface area contributed by atoms with Gasteiger partial charge in [0.1, 0.15) is 11.6 Å². The second kappa shape index (κ2) is 7.99. The summed E-state index contributed by atoms with van der Waals surface area (Å²) in [6, 6.07) is -0.917. The molecule has 0 unspecified atom stereocenters. The van der Waals surface area contributed by atoms with Gasteiger partial charge in [0.25, 0.3) is 0 Å². The molecule has 16 heavy (non-hydrogen) atoms. The van der Waals surface area contributed by atoms with Crippen LogP contribution in [0.15, 0.2) is 0 Å². The van der Waals surface area contributed by atoms with Crippen LogP contribution in [0.2, 0.25) is 0 Å². The van der Waals surface area contributed by atoms with Crippen LogP contribution in [0, 0.1) is 5.92 Å². The molecule has 0 saturated heterocycles. The molecule has 2 N–H and O–H groups in total. The predicted octanol–water partition coefficient (Wildman–Crippen LogP) is 0.972. The molecule has 0 aromatic carbocycles. The van der Waals surface area contributed by atoms with Crippen molar-refractivity contribution in [2.24, 2.45) is 5.92 Å². The second-order valence-corrected chi connectivity index (χ2v) is 4.71. The van der Waals surface area contributed by atoms with Crippen LogP contribution in [0.5, 0.6) is 0 Å². The Labute approximate surface area is 155 Å². The van der Waals surface area contributed by atoms with E-state index < -0.39 is 23.7 Å². The zero-order valence-electron chi connectivity index (χ0n) is 9.83. The van der Waals surface area contributed by atoms with Gasteiger partial charge in [0.15, 0.2) is 0 Å². The summed E-state index contributed by atoms with van der Waals surface area (Å²) in [7, 11) is 0. The number of carbonyl (C=O) groups excluding carboxylic acids is 1. The maximum absolute atomic E-state index is 11.3. The van der Waals surface area contributed by atoms with Gasteiger partial charge in [-0.05, 0) is 26.7 Å². The van der Waals surface area contributed by atoms with Crippen molar-refractivity contribution in [3.05, 3.63) is 0 Å². The first-order chi connectivity index (χ1) is 6.63. The Morgan fingerprint density at radius 2 is 1.69 bits per heavy atom. The molecule has 0 radical (unpaired) electrons. The van der Waals surface area contributed by atoms with Crippen LogP contribution in [0.3, 0.4) is 0 Å². The molecule has 6 heteroatoms. The molecule has 0 rings (SSSR count). The van der Waals surface area contributed by atoms with Crippen LogP contribution in [-0.4, -0.2) is 97.7 Å². The Morgan fingerprint density at radius 3 is 1.94 bits per heavy atom. The quantitative estimate of drug-likeness (QED) is 0.795. The molecule has 90 valence electrons. The number of amides is 1. The Balaban J connectivity index is 0. The summed E-state index contributed by atoms with van der Waals surface area (Å²) >= 11 is 0. The summed E-state index contributed by atoms with van der Waals surface area (Å²) in [4.78, 5) is 22.1. The molecule has 0 saturated carbocycles. The monoisotopic (exact) mass is 351 g/mol. The van der Waals surface area contributed by atoms with Gasteiger partial charge in [0.05, 0.1) is 0 Å². The fourth-order valence-electron chi connectivity index (χ4n) is 0.948. The van der Waals surface area contributed by atoms with Gasteiger partial charge in [0, 0.05) is 0 Å². The zero-order valence-corrected chi connectivity index (χ0v) is 9.83. The van der Waals surface area contributed by atoms with Crippen LogP contribution >= 0.6 is 0 Å². The van der Waals surface area contributed by atoms with Gasteiger partial charge in [-0.15, -0.1) is 0 Å². The Morgan fingerprint density at radius 1 is 1.25 bits per heavy atom. The van der Waals surface area contributed by atoms with Crippen molar-refractivity contribution in [1.29, 1.82) is 0 Å². The van der Waals surface area contributed by atoms with Crippen LogP contribution < -0.4 is 5.32 Å². The van der Waals surface area contributed by atoms with Crippen molar-refractivity contribution < 1.29 is 19.4 Å². The van der Waals surface area contributed by atoms with Gasteiger partial charge in [-0.3, -0.25) is 0 Å². The van der Waals surface area contributed by atoms with Crippen molar-refractivity contribution in [3.8, 4) is 0 Å². The average molecular weight is 351 g/mol. The van der Waals surface area contributed by atoms with E-state index in [1.807, 2.05) is 0 Å². The van der Waals surface area contributed by atoms with E-state index in [4.69, 9.17) is 9.84 Å². The minimum atomic E-state index is -1.06. The van der Waals surface area contributed by atoms with E-state index in [-0.39, 0.29) is 74.8 Å². The predicted molar refractivity (Wildman–Crippen MR) is 62.8 cm³/mol. The van der Waals surface area contributed by atoms with E-state index in [0.717, 1.165) is 0 Å². The van der Waals surface area contributed by atoms with Crippen LogP contribution in [0.25, 0.3) is 0 Å². The van der Waals surface area contributed by atoms with Crippen molar-refractivity contribution in [2.45, 2.75) is 46.3 Å². The molecule has 0 bridgehead atoms. The van der Waals surface area contributed by atoms with Crippen molar-refractivity contribution in [1.82, 2.24) is 5.32 Å². The minimum absolute atomic E-state index is 0. The number of rotatable bonds is 3. The molecule has 0 heterocycles. The number of hydrogen-bond donors (Lipinski definition) is 2. The summed E-state index contributed by atoms with van der Waals surface area (Å²) in [5, 5.41) is 11.1. The summed E-state index contributed by atoms with van der Waals surface area (Å²) in [6.45, 7) is 8.60. The molecule has 0 aliphatic heterocycles. The molecule has 0 aromatic heterocycles. The molecule has 1 atom stereocenters. The van der Waals surface area contributed by atoms with Gasteiger partial charge in [0.2, 0.25) is 0 Å². The van der Waals surface area contributed by atoms with E-state index >= 15 is 0 Å². The number of aliphatic carboxylic acids is 1. The molecule has 5 nitrogen and oxygen atoms in total. The van der Waals surface area contributed by atoms with Crippen LogP contribution in [0.1, 0.15) is 34.6 Å². The number of carbonyl (C=O) groups is 2. The second-order valence-electron chi connectivity index (χ2n) is 4.71. The third kappa shape index (κ3) is 8.89. The topological polar surface area (TPSA) is 75.6 Å². The number of carboxylic acid groups (broad SMARTS) is 1. The average Bonchev–Trinajstić information content (AvgIpc) is 1.95. The molecular weight excluding hydrogens is 331 g/mol. The summed E-state index contributed by atoms with van der Waals surface area (Å²) < 4.78 is 4.96. The van der Waals surface area contributed by atoms with Crippen molar-refractivity contribution in [2.75, 3.05) is 0 Å². The third-order valence-corrected chi connectivity index (χ3v) is 1.60. The summed E-state index contributed by atoms with van der Waals surface area (Å²) in [5.41, 5.74) is -0.621. The Bertz CT molecular complexity index is 248. The van der Waals surface area contributed by atoms with Gasteiger partial charge in [-0.1, -0.05) is 13.8 Å². The van der Waals surface area contributed by atoms with Gasteiger partial charge in [-0.25, -0.2) is 9.59 Å². The summed E-state index contributed by atoms with van der Waals surface area (Å²) in [6.07, 6.45) is -0.705. The molecular formula is C10H20CsNO4. The zero-order chi connectivity index (χ0) is 12.2. The Hall–Kier alpha value is 0.792. The fourth-order valence-corrected chi connectivity index (χ4v) is 0.948. The fraction of sp³-hybridized carbons (Fsp3) is 0.800. The van der Waals surface area contributed by atoms with E-state index in [1.54, 1.807) is 34.6 Å². The molecule has 1 amide bonds. The number of carboxylic acids is 1. The van der Waals surface area contributed by atoms with E-state index in [2.05, 4.69) is 5.32 Å². The molecule has 0 fully saturated rings.